The lowest BCUT2D eigenvalue weighted by atomic mass is 9.87. The second-order valence-electron chi connectivity index (χ2n) is 8.77. The van der Waals surface area contributed by atoms with Crippen LogP contribution in [0.1, 0.15) is 50.3 Å². The van der Waals surface area contributed by atoms with Crippen LogP contribution in [-0.2, 0) is 22.5 Å². The molecule has 1 aromatic heterocycles. The Labute approximate surface area is 204 Å². The van der Waals surface area contributed by atoms with Gasteiger partial charge in [-0.25, -0.2) is 4.79 Å². The Balaban J connectivity index is 1.32. The third-order valence-corrected chi connectivity index (χ3v) is 7.59. The predicted molar refractivity (Wildman–Crippen MR) is 137 cm³/mol. The number of benzene rings is 2. The summed E-state index contributed by atoms with van der Waals surface area (Å²) < 4.78 is 4.64. The minimum absolute atomic E-state index is 0.232. The normalized spacial score (nSPS) is 16.3. The van der Waals surface area contributed by atoms with E-state index in [0.717, 1.165) is 54.0 Å². The molecule has 1 fully saturated rings. The first kappa shape index (κ1) is 22.5. The highest BCUT2D eigenvalue weighted by molar-refractivity contribution is 7.12. The van der Waals surface area contributed by atoms with Crippen LogP contribution >= 0.6 is 11.3 Å². The zero-order chi connectivity index (χ0) is 23.5. The summed E-state index contributed by atoms with van der Waals surface area (Å²) in [7, 11) is 1.38. The van der Waals surface area contributed by atoms with Crippen LogP contribution in [0.2, 0.25) is 0 Å². The highest BCUT2D eigenvalue weighted by atomic mass is 32.1. The topological polar surface area (TPSA) is 46.6 Å². The van der Waals surface area contributed by atoms with Crippen LogP contribution in [0.3, 0.4) is 0 Å². The lowest BCUT2D eigenvalue weighted by Crippen LogP contribution is -2.30. The average Bonchev–Trinajstić information content (AvgIpc) is 3.31. The molecule has 3 aromatic rings. The first-order valence-electron chi connectivity index (χ1n) is 11.6. The van der Waals surface area contributed by atoms with Crippen LogP contribution in [-0.4, -0.2) is 36.9 Å². The number of hydrogen-bond donors (Lipinski definition) is 0. The minimum Gasteiger partial charge on any atom is -0.466 e. The van der Waals surface area contributed by atoms with Gasteiger partial charge in [0.2, 0.25) is 0 Å². The van der Waals surface area contributed by atoms with Crippen molar-refractivity contribution in [3.63, 3.8) is 0 Å². The van der Waals surface area contributed by atoms with E-state index in [9.17, 15) is 9.59 Å². The number of likely N-dealkylation sites (tertiary alicyclic amines) is 1. The monoisotopic (exact) mass is 469 g/mol. The molecule has 0 bridgehead atoms. The summed E-state index contributed by atoms with van der Waals surface area (Å²) in [5.41, 5.74) is 8.48. The molecule has 1 aliphatic carbocycles. The van der Waals surface area contributed by atoms with E-state index in [-0.39, 0.29) is 11.8 Å². The van der Waals surface area contributed by atoms with Crippen LogP contribution in [0.25, 0.3) is 11.6 Å². The molecule has 5 rings (SSSR count). The van der Waals surface area contributed by atoms with E-state index in [0.29, 0.717) is 6.42 Å². The summed E-state index contributed by atoms with van der Waals surface area (Å²) in [5, 5.41) is 2.05. The van der Waals surface area contributed by atoms with E-state index in [1.54, 1.807) is 17.4 Å². The van der Waals surface area contributed by atoms with Crippen molar-refractivity contribution in [1.29, 1.82) is 0 Å². The molecule has 34 heavy (non-hydrogen) atoms. The Morgan fingerprint density at radius 2 is 1.79 bits per heavy atom. The second-order valence-corrected chi connectivity index (χ2v) is 9.69. The highest BCUT2D eigenvalue weighted by Crippen LogP contribution is 2.40. The summed E-state index contributed by atoms with van der Waals surface area (Å²) in [6.07, 6.45) is 5.70. The summed E-state index contributed by atoms with van der Waals surface area (Å²) in [6.45, 7) is 2.90. The number of nitrogens with zero attached hydrogens (tertiary/aromatic N) is 1. The van der Waals surface area contributed by atoms with Gasteiger partial charge in [-0.2, -0.15) is 0 Å². The van der Waals surface area contributed by atoms with Crippen molar-refractivity contribution < 1.29 is 14.3 Å². The molecule has 5 heteroatoms. The third-order valence-electron chi connectivity index (χ3n) is 6.64. The molecule has 1 aliphatic heterocycles. The molecule has 0 saturated carbocycles. The number of rotatable bonds is 4. The lowest BCUT2D eigenvalue weighted by Gasteiger charge is -2.30. The van der Waals surface area contributed by atoms with Gasteiger partial charge in [-0.3, -0.25) is 9.69 Å². The van der Waals surface area contributed by atoms with Crippen molar-refractivity contribution in [3.8, 4) is 0 Å². The van der Waals surface area contributed by atoms with E-state index in [2.05, 4.69) is 51.4 Å². The van der Waals surface area contributed by atoms with Gasteiger partial charge >= 0.3 is 5.97 Å². The van der Waals surface area contributed by atoms with E-state index >= 15 is 0 Å². The van der Waals surface area contributed by atoms with Gasteiger partial charge < -0.3 is 4.74 Å². The zero-order valence-corrected chi connectivity index (χ0v) is 20.1. The highest BCUT2D eigenvalue weighted by Gasteiger charge is 2.27. The summed E-state index contributed by atoms with van der Waals surface area (Å²) in [6, 6.07) is 18.8. The van der Waals surface area contributed by atoms with Crippen molar-refractivity contribution in [1.82, 2.24) is 4.90 Å². The third kappa shape index (κ3) is 4.67. The van der Waals surface area contributed by atoms with Crippen molar-refractivity contribution in [2.45, 2.75) is 25.8 Å². The van der Waals surface area contributed by atoms with E-state index in [1.807, 2.05) is 18.2 Å². The number of piperidine rings is 1. The molecule has 4 nitrogen and oxygen atoms in total. The van der Waals surface area contributed by atoms with Crippen LogP contribution in [0.4, 0.5) is 0 Å². The predicted octanol–water partition coefficient (Wildman–Crippen LogP) is 5.77. The van der Waals surface area contributed by atoms with Crippen molar-refractivity contribution in [2.75, 3.05) is 20.2 Å². The van der Waals surface area contributed by atoms with Crippen LogP contribution < -0.4 is 0 Å². The molecule has 172 valence electrons. The van der Waals surface area contributed by atoms with E-state index in [4.69, 9.17) is 0 Å². The molecule has 2 aromatic carbocycles. The molecule has 2 aliphatic rings. The molecular formula is C29H27NO3S. The number of Topliss-reactive ketones (excluding diaryl/α,β-unsaturated/α-hetero) is 1. The Morgan fingerprint density at radius 3 is 2.56 bits per heavy atom. The fourth-order valence-corrected chi connectivity index (χ4v) is 5.72. The average molecular weight is 470 g/mol. The van der Waals surface area contributed by atoms with Gasteiger partial charge in [0, 0.05) is 37.7 Å². The van der Waals surface area contributed by atoms with Gasteiger partial charge in [-0.1, -0.05) is 54.1 Å². The summed E-state index contributed by atoms with van der Waals surface area (Å²) >= 11 is 1.57. The first-order chi connectivity index (χ1) is 16.6. The van der Waals surface area contributed by atoms with Crippen molar-refractivity contribution in [3.05, 3.63) is 104 Å². The molecular weight excluding hydrogens is 442 g/mol. The van der Waals surface area contributed by atoms with Crippen LogP contribution in [0, 0.1) is 0 Å². The standard InChI is InChI=1S/C29H27NO3S/c1-33-27(32)11-10-20-6-8-21(9-7-20)19-30-15-12-22(13-16-30)28-24-5-3-2-4-23(24)18-26(31)29-25(28)14-17-34-29/h2-11,14,17H,12-13,15-16,18-19H2,1H3/b11-10+. The number of hydrogen-bond acceptors (Lipinski definition) is 5. The quantitative estimate of drug-likeness (QED) is 0.359. The number of ether oxygens (including phenoxy) is 1. The Morgan fingerprint density at radius 1 is 1.03 bits per heavy atom. The number of carbonyl (C=O) groups is 2. The number of ketones is 1. The maximum absolute atomic E-state index is 12.9. The molecule has 0 unspecified atom stereocenters. The SMILES string of the molecule is COC(=O)/C=C/c1ccc(CN2CCC(=C3c4ccccc4CC(=O)c4sccc43)CC2)cc1. The number of carbonyl (C=O) groups excluding carboxylic acids is 2. The van der Waals surface area contributed by atoms with Crippen molar-refractivity contribution in [2.24, 2.45) is 0 Å². The Kier molecular flexibility index (Phi) is 6.57. The van der Waals surface area contributed by atoms with Gasteiger partial charge in [0.1, 0.15) is 0 Å². The molecule has 0 atom stereocenters. The number of esters is 1. The van der Waals surface area contributed by atoms with E-state index < -0.39 is 0 Å². The van der Waals surface area contributed by atoms with Crippen molar-refractivity contribution >= 4 is 34.7 Å². The Hall–Kier alpha value is -3.28. The largest absolute Gasteiger partial charge is 0.466 e. The fourth-order valence-electron chi connectivity index (χ4n) is 4.88. The van der Waals surface area contributed by atoms with Gasteiger partial charge in [-0.05, 0) is 58.2 Å². The van der Waals surface area contributed by atoms with Gasteiger partial charge in [0.25, 0.3) is 0 Å². The van der Waals surface area contributed by atoms with Gasteiger partial charge in [0.15, 0.2) is 5.78 Å². The smallest absolute Gasteiger partial charge is 0.330 e. The van der Waals surface area contributed by atoms with Gasteiger partial charge in [0.05, 0.1) is 12.0 Å². The van der Waals surface area contributed by atoms with E-state index in [1.165, 1.54) is 35.5 Å². The molecule has 0 amide bonds. The zero-order valence-electron chi connectivity index (χ0n) is 19.3. The molecule has 1 saturated heterocycles. The molecule has 0 radical (unpaired) electrons. The fraction of sp³-hybridized carbons (Fsp3) is 0.241. The number of thiophene rings is 1. The van der Waals surface area contributed by atoms with Gasteiger partial charge in [-0.15, -0.1) is 11.3 Å². The maximum Gasteiger partial charge on any atom is 0.330 e. The summed E-state index contributed by atoms with van der Waals surface area (Å²) in [5.74, 6) is -0.118. The molecule has 0 N–H and O–H groups in total. The molecule has 2 heterocycles. The summed E-state index contributed by atoms with van der Waals surface area (Å²) in [4.78, 5) is 27.6. The second kappa shape index (κ2) is 9.92. The number of methoxy groups -OCH3 is 1. The number of fused-ring (bicyclic) bond motifs is 2. The van der Waals surface area contributed by atoms with Crippen LogP contribution in [0.5, 0.6) is 0 Å². The maximum atomic E-state index is 12.9. The Bertz CT molecular complexity index is 1270. The lowest BCUT2D eigenvalue weighted by molar-refractivity contribution is -0.134. The minimum atomic E-state index is -0.349. The molecule has 0 spiro atoms. The first-order valence-corrected chi connectivity index (χ1v) is 12.5. The van der Waals surface area contributed by atoms with Crippen LogP contribution in [0.15, 0.2) is 71.6 Å².